The highest BCUT2D eigenvalue weighted by molar-refractivity contribution is 6.03. The zero-order valence-corrected chi connectivity index (χ0v) is 12.3. The normalized spacial score (nSPS) is 17.1. The van der Waals surface area contributed by atoms with Crippen molar-refractivity contribution >= 4 is 11.4 Å². The Morgan fingerprint density at radius 2 is 1.60 bits per heavy atom. The molecule has 2 heteroatoms. The molecule has 1 aliphatic heterocycles. The van der Waals surface area contributed by atoms with E-state index in [4.69, 9.17) is 5.10 Å². The average Bonchev–Trinajstić information content (AvgIpc) is 2.77. The van der Waals surface area contributed by atoms with Gasteiger partial charge in [-0.2, -0.15) is 5.10 Å². The maximum Gasteiger partial charge on any atom is 0.0706 e. The topological polar surface area (TPSA) is 15.6 Å². The van der Waals surface area contributed by atoms with Crippen molar-refractivity contribution < 1.29 is 0 Å². The van der Waals surface area contributed by atoms with E-state index in [0.717, 1.165) is 17.8 Å². The van der Waals surface area contributed by atoms with Gasteiger partial charge in [-0.05, 0) is 38.5 Å². The monoisotopic (exact) mass is 264 g/mol. The van der Waals surface area contributed by atoms with Crippen LogP contribution in [0.15, 0.2) is 59.7 Å². The number of aryl methyl sites for hydroxylation is 1. The van der Waals surface area contributed by atoms with Gasteiger partial charge in [0.2, 0.25) is 0 Å². The second-order valence-electron chi connectivity index (χ2n) is 6.05. The third kappa shape index (κ3) is 2.34. The molecule has 1 heterocycles. The maximum absolute atomic E-state index is 4.86. The zero-order valence-electron chi connectivity index (χ0n) is 12.3. The van der Waals surface area contributed by atoms with Gasteiger partial charge < -0.3 is 0 Å². The quantitative estimate of drug-likeness (QED) is 0.785. The van der Waals surface area contributed by atoms with Gasteiger partial charge in [-0.15, -0.1) is 0 Å². The Balaban J connectivity index is 1.98. The molecule has 3 rings (SSSR count). The Labute approximate surface area is 120 Å². The smallest absolute Gasteiger partial charge is 0.0706 e. The number of benzene rings is 2. The Hall–Kier alpha value is -2.09. The fourth-order valence-electron chi connectivity index (χ4n) is 2.66. The van der Waals surface area contributed by atoms with Gasteiger partial charge in [-0.1, -0.05) is 48.0 Å². The summed E-state index contributed by atoms with van der Waals surface area (Å²) < 4.78 is 0. The van der Waals surface area contributed by atoms with E-state index >= 15 is 0 Å². The molecule has 2 nitrogen and oxygen atoms in total. The molecule has 0 fully saturated rings. The largest absolute Gasteiger partial charge is 0.259 e. The fourth-order valence-corrected chi connectivity index (χ4v) is 2.66. The number of hydrogen-bond donors (Lipinski definition) is 0. The number of anilines is 1. The molecule has 0 saturated carbocycles. The molecule has 0 amide bonds. The van der Waals surface area contributed by atoms with E-state index in [2.05, 4.69) is 74.3 Å². The van der Waals surface area contributed by atoms with Gasteiger partial charge in [0, 0.05) is 6.42 Å². The predicted molar refractivity (Wildman–Crippen MR) is 85.3 cm³/mol. The minimum atomic E-state index is 0.0143. The van der Waals surface area contributed by atoms with Gasteiger partial charge >= 0.3 is 0 Å². The zero-order chi connectivity index (χ0) is 14.2. The molecule has 0 bridgehead atoms. The maximum atomic E-state index is 4.86. The van der Waals surface area contributed by atoms with Crippen LogP contribution >= 0.6 is 0 Å². The van der Waals surface area contributed by atoms with E-state index < -0.39 is 0 Å². The lowest BCUT2D eigenvalue weighted by Crippen LogP contribution is -2.36. The van der Waals surface area contributed by atoms with E-state index in [0.29, 0.717) is 0 Å². The van der Waals surface area contributed by atoms with Crippen molar-refractivity contribution in [2.24, 2.45) is 5.10 Å². The summed E-state index contributed by atoms with van der Waals surface area (Å²) in [5.41, 5.74) is 4.83. The number of rotatable bonds is 2. The number of nitrogens with zero attached hydrogens (tertiary/aromatic N) is 2. The predicted octanol–water partition coefficient (Wildman–Crippen LogP) is 4.39. The molecule has 1 aliphatic rings. The van der Waals surface area contributed by atoms with Crippen molar-refractivity contribution in [3.05, 3.63) is 65.7 Å². The summed E-state index contributed by atoms with van der Waals surface area (Å²) in [5, 5.41) is 7.01. The van der Waals surface area contributed by atoms with E-state index in [9.17, 15) is 0 Å². The van der Waals surface area contributed by atoms with E-state index in [1.807, 2.05) is 6.07 Å². The van der Waals surface area contributed by atoms with Crippen LogP contribution in [-0.2, 0) is 0 Å². The lowest BCUT2D eigenvalue weighted by atomic mass is 9.94. The summed E-state index contributed by atoms with van der Waals surface area (Å²) in [6.07, 6.45) is 0.963. The lowest BCUT2D eigenvalue weighted by molar-refractivity contribution is 0.516. The summed E-state index contributed by atoms with van der Waals surface area (Å²) in [6, 6.07) is 19.0. The van der Waals surface area contributed by atoms with Crippen molar-refractivity contribution in [1.29, 1.82) is 0 Å². The molecule has 0 aromatic heterocycles. The van der Waals surface area contributed by atoms with Crippen LogP contribution in [0.5, 0.6) is 0 Å². The standard InChI is InChI=1S/C18H20N2/c1-14-9-11-16(12-10-14)20-18(2,3)13-17(19-20)15-7-5-4-6-8-15/h4-12H,13H2,1-3H3. The summed E-state index contributed by atoms with van der Waals surface area (Å²) >= 11 is 0. The van der Waals surface area contributed by atoms with Gasteiger partial charge in [-0.25, -0.2) is 0 Å². The summed E-state index contributed by atoms with van der Waals surface area (Å²) in [7, 11) is 0. The molecule has 102 valence electrons. The van der Waals surface area contributed by atoms with Crippen LogP contribution in [0.2, 0.25) is 0 Å². The SMILES string of the molecule is Cc1ccc(N2N=C(c3ccccc3)CC2(C)C)cc1. The first-order valence-corrected chi connectivity index (χ1v) is 7.06. The minimum Gasteiger partial charge on any atom is -0.259 e. The number of hydrazone groups is 1. The molecule has 0 spiro atoms. The van der Waals surface area contributed by atoms with Crippen molar-refractivity contribution in [3.8, 4) is 0 Å². The van der Waals surface area contributed by atoms with Crippen LogP contribution in [0.1, 0.15) is 31.4 Å². The second-order valence-corrected chi connectivity index (χ2v) is 6.05. The van der Waals surface area contributed by atoms with Crippen molar-refractivity contribution in [2.45, 2.75) is 32.7 Å². The van der Waals surface area contributed by atoms with Crippen LogP contribution < -0.4 is 5.01 Å². The van der Waals surface area contributed by atoms with Gasteiger partial charge in [0.25, 0.3) is 0 Å². The van der Waals surface area contributed by atoms with Crippen LogP contribution in [0.25, 0.3) is 0 Å². The molecule has 0 atom stereocenters. The molecule has 0 unspecified atom stereocenters. The molecular weight excluding hydrogens is 244 g/mol. The van der Waals surface area contributed by atoms with Crippen molar-refractivity contribution in [2.75, 3.05) is 5.01 Å². The molecule has 0 saturated heterocycles. The molecule has 20 heavy (non-hydrogen) atoms. The van der Waals surface area contributed by atoms with Gasteiger partial charge in [0.1, 0.15) is 0 Å². The van der Waals surface area contributed by atoms with Gasteiger partial charge in [0.15, 0.2) is 0 Å². The van der Waals surface area contributed by atoms with Gasteiger partial charge in [-0.3, -0.25) is 5.01 Å². The molecule has 0 aliphatic carbocycles. The van der Waals surface area contributed by atoms with E-state index in [1.165, 1.54) is 11.1 Å². The first kappa shape index (κ1) is 12.9. The van der Waals surface area contributed by atoms with Crippen molar-refractivity contribution in [3.63, 3.8) is 0 Å². The van der Waals surface area contributed by atoms with Crippen molar-refractivity contribution in [1.82, 2.24) is 0 Å². The minimum absolute atomic E-state index is 0.0143. The average molecular weight is 264 g/mol. The summed E-state index contributed by atoms with van der Waals surface area (Å²) in [5.74, 6) is 0. The van der Waals surface area contributed by atoms with Gasteiger partial charge in [0.05, 0.1) is 16.9 Å². The number of hydrogen-bond acceptors (Lipinski definition) is 2. The summed E-state index contributed by atoms with van der Waals surface area (Å²) in [6.45, 7) is 6.59. The molecular formula is C18H20N2. The Morgan fingerprint density at radius 1 is 0.950 bits per heavy atom. The third-order valence-corrected chi connectivity index (χ3v) is 3.78. The van der Waals surface area contributed by atoms with Crippen LogP contribution in [-0.4, -0.2) is 11.3 Å². The third-order valence-electron chi connectivity index (χ3n) is 3.78. The second kappa shape index (κ2) is 4.78. The van der Waals surface area contributed by atoms with E-state index in [1.54, 1.807) is 0 Å². The van der Waals surface area contributed by atoms with E-state index in [-0.39, 0.29) is 5.54 Å². The Bertz CT molecular complexity index is 624. The Morgan fingerprint density at radius 3 is 2.25 bits per heavy atom. The highest BCUT2D eigenvalue weighted by atomic mass is 15.5. The first-order chi connectivity index (χ1) is 9.56. The Kier molecular flexibility index (Phi) is 3.09. The fraction of sp³-hybridized carbons (Fsp3) is 0.278. The molecule has 2 aromatic rings. The summed E-state index contributed by atoms with van der Waals surface area (Å²) in [4.78, 5) is 0. The van der Waals surface area contributed by atoms with Crippen LogP contribution in [0.4, 0.5) is 5.69 Å². The lowest BCUT2D eigenvalue weighted by Gasteiger charge is -2.30. The molecule has 2 aromatic carbocycles. The van der Waals surface area contributed by atoms with Crippen LogP contribution in [0.3, 0.4) is 0 Å². The molecule has 0 radical (unpaired) electrons. The highest BCUT2D eigenvalue weighted by Crippen LogP contribution is 2.34. The van der Waals surface area contributed by atoms with Crippen LogP contribution in [0, 0.1) is 6.92 Å². The molecule has 0 N–H and O–H groups in total. The highest BCUT2D eigenvalue weighted by Gasteiger charge is 2.35. The first-order valence-electron chi connectivity index (χ1n) is 7.06.